The van der Waals surface area contributed by atoms with E-state index in [-0.39, 0.29) is 5.91 Å². The highest BCUT2D eigenvalue weighted by atomic mass is 16.1. The Labute approximate surface area is 109 Å². The normalized spacial score (nSPS) is 49.7. The van der Waals surface area contributed by atoms with E-state index in [1.165, 1.54) is 32.1 Å². The highest BCUT2D eigenvalue weighted by Crippen LogP contribution is 2.58. The van der Waals surface area contributed by atoms with Crippen molar-refractivity contribution in [1.82, 2.24) is 10.6 Å². The van der Waals surface area contributed by atoms with E-state index >= 15 is 0 Å². The average Bonchev–Trinajstić information content (AvgIpc) is 3.08. The Morgan fingerprint density at radius 3 is 2.83 bits per heavy atom. The van der Waals surface area contributed by atoms with Crippen molar-refractivity contribution < 1.29 is 4.79 Å². The zero-order chi connectivity index (χ0) is 12.1. The summed E-state index contributed by atoms with van der Waals surface area (Å²) >= 11 is 0. The maximum atomic E-state index is 11.2. The third-order valence-electron chi connectivity index (χ3n) is 6.14. The van der Waals surface area contributed by atoms with E-state index < -0.39 is 0 Å². The monoisotopic (exact) mass is 248 g/mol. The maximum absolute atomic E-state index is 11.2. The third-order valence-corrected chi connectivity index (χ3v) is 6.14. The first kappa shape index (κ1) is 11.3. The van der Waals surface area contributed by atoms with E-state index in [1.54, 1.807) is 0 Å². The van der Waals surface area contributed by atoms with E-state index in [1.807, 2.05) is 0 Å². The Bertz CT molecular complexity index is 356. The first-order chi connectivity index (χ1) is 8.81. The minimum Gasteiger partial charge on any atom is -0.352 e. The van der Waals surface area contributed by atoms with Crippen molar-refractivity contribution in [2.45, 2.75) is 57.0 Å². The molecular formula is C15H24N2O. The predicted molar refractivity (Wildman–Crippen MR) is 70.0 cm³/mol. The maximum Gasteiger partial charge on any atom is 0.220 e. The summed E-state index contributed by atoms with van der Waals surface area (Å²) in [5.41, 5.74) is 0. The van der Waals surface area contributed by atoms with Crippen molar-refractivity contribution in [3.05, 3.63) is 0 Å². The molecular weight excluding hydrogens is 224 g/mol. The predicted octanol–water partition coefficient (Wildman–Crippen LogP) is 1.68. The second kappa shape index (κ2) is 4.22. The summed E-state index contributed by atoms with van der Waals surface area (Å²) in [6.07, 6.45) is 9.14. The molecule has 1 amide bonds. The van der Waals surface area contributed by atoms with Crippen molar-refractivity contribution in [1.29, 1.82) is 0 Å². The average molecular weight is 248 g/mol. The van der Waals surface area contributed by atoms with Crippen LogP contribution in [0.5, 0.6) is 0 Å². The van der Waals surface area contributed by atoms with Crippen molar-refractivity contribution in [2.75, 3.05) is 6.54 Å². The lowest BCUT2D eigenvalue weighted by Gasteiger charge is -2.32. The molecule has 1 heterocycles. The molecule has 1 aliphatic heterocycles. The summed E-state index contributed by atoms with van der Waals surface area (Å²) < 4.78 is 0. The SMILES string of the molecule is O=C1CCC(CNC2CC3CC2C2CCCC32)N1. The summed E-state index contributed by atoms with van der Waals surface area (Å²) in [5.74, 6) is 4.35. The number of nitrogens with one attached hydrogen (secondary N) is 2. The standard InChI is InChI=1S/C15H24N2O/c18-15-5-4-10(17-15)8-16-14-7-9-6-13(14)12-3-1-2-11(9)12/h9-14,16H,1-8H2,(H,17,18). The number of hydrogen-bond donors (Lipinski definition) is 2. The lowest BCUT2D eigenvalue weighted by molar-refractivity contribution is -0.119. The van der Waals surface area contributed by atoms with Gasteiger partial charge in [0.15, 0.2) is 0 Å². The second-order valence-corrected chi connectivity index (χ2v) is 6.97. The van der Waals surface area contributed by atoms with Crippen molar-refractivity contribution in [3.8, 4) is 0 Å². The van der Waals surface area contributed by atoms with E-state index in [2.05, 4.69) is 10.6 Å². The van der Waals surface area contributed by atoms with Crippen LogP contribution in [-0.4, -0.2) is 24.5 Å². The van der Waals surface area contributed by atoms with E-state index in [4.69, 9.17) is 0 Å². The molecule has 0 radical (unpaired) electrons. The van der Waals surface area contributed by atoms with Crippen LogP contribution in [0.1, 0.15) is 44.9 Å². The zero-order valence-corrected chi connectivity index (χ0v) is 11.0. The third kappa shape index (κ3) is 1.70. The molecule has 3 aliphatic carbocycles. The lowest BCUT2D eigenvalue weighted by Crippen LogP contribution is -2.45. The molecule has 1 saturated heterocycles. The molecule has 6 unspecified atom stereocenters. The smallest absolute Gasteiger partial charge is 0.220 e. The summed E-state index contributed by atoms with van der Waals surface area (Å²) in [5, 5.41) is 6.84. The van der Waals surface area contributed by atoms with Gasteiger partial charge in [-0.25, -0.2) is 0 Å². The van der Waals surface area contributed by atoms with Gasteiger partial charge in [0, 0.05) is 25.0 Å². The molecule has 4 rings (SSSR count). The second-order valence-electron chi connectivity index (χ2n) is 6.97. The van der Waals surface area contributed by atoms with Crippen LogP contribution in [0.4, 0.5) is 0 Å². The number of fused-ring (bicyclic) bond motifs is 5. The van der Waals surface area contributed by atoms with Gasteiger partial charge >= 0.3 is 0 Å². The highest BCUT2D eigenvalue weighted by Gasteiger charge is 2.53. The van der Waals surface area contributed by atoms with Crippen LogP contribution in [0.25, 0.3) is 0 Å². The van der Waals surface area contributed by atoms with E-state index in [0.717, 1.165) is 49.1 Å². The quantitative estimate of drug-likeness (QED) is 0.798. The van der Waals surface area contributed by atoms with Crippen LogP contribution in [0, 0.1) is 23.7 Å². The molecule has 3 nitrogen and oxygen atoms in total. The molecule has 3 saturated carbocycles. The molecule has 2 N–H and O–H groups in total. The fourth-order valence-corrected chi connectivity index (χ4v) is 5.43. The van der Waals surface area contributed by atoms with Crippen LogP contribution < -0.4 is 10.6 Å². The lowest BCUT2D eigenvalue weighted by atomic mass is 9.79. The Kier molecular flexibility index (Phi) is 2.65. The Balaban J connectivity index is 1.33. The van der Waals surface area contributed by atoms with Gasteiger partial charge in [0.25, 0.3) is 0 Å². The molecule has 2 bridgehead atoms. The minimum absolute atomic E-state index is 0.241. The molecule has 18 heavy (non-hydrogen) atoms. The number of amides is 1. The first-order valence-corrected chi connectivity index (χ1v) is 7.84. The van der Waals surface area contributed by atoms with Crippen LogP contribution in [0.2, 0.25) is 0 Å². The van der Waals surface area contributed by atoms with Crippen LogP contribution >= 0.6 is 0 Å². The molecule has 3 heteroatoms. The number of carbonyl (C=O) groups excluding carboxylic acids is 1. The van der Waals surface area contributed by atoms with E-state index in [9.17, 15) is 4.79 Å². The van der Waals surface area contributed by atoms with Crippen LogP contribution in [0.15, 0.2) is 0 Å². The van der Waals surface area contributed by atoms with Gasteiger partial charge in [-0.2, -0.15) is 0 Å². The number of carbonyl (C=O) groups is 1. The Morgan fingerprint density at radius 2 is 2.00 bits per heavy atom. The Hall–Kier alpha value is -0.570. The van der Waals surface area contributed by atoms with E-state index in [0.29, 0.717) is 6.04 Å². The largest absolute Gasteiger partial charge is 0.352 e. The molecule has 0 aromatic carbocycles. The van der Waals surface area contributed by atoms with Crippen molar-refractivity contribution in [2.24, 2.45) is 23.7 Å². The van der Waals surface area contributed by atoms with Gasteiger partial charge in [-0.15, -0.1) is 0 Å². The van der Waals surface area contributed by atoms with Crippen molar-refractivity contribution in [3.63, 3.8) is 0 Å². The van der Waals surface area contributed by atoms with Gasteiger partial charge in [0.1, 0.15) is 0 Å². The van der Waals surface area contributed by atoms with Crippen LogP contribution in [-0.2, 0) is 4.79 Å². The van der Waals surface area contributed by atoms with Crippen LogP contribution in [0.3, 0.4) is 0 Å². The number of rotatable bonds is 3. The zero-order valence-electron chi connectivity index (χ0n) is 11.0. The van der Waals surface area contributed by atoms with Gasteiger partial charge in [-0.3, -0.25) is 4.79 Å². The fraction of sp³-hybridized carbons (Fsp3) is 0.933. The molecule has 0 spiro atoms. The first-order valence-electron chi connectivity index (χ1n) is 7.84. The minimum atomic E-state index is 0.241. The topological polar surface area (TPSA) is 41.1 Å². The van der Waals surface area contributed by atoms with Gasteiger partial charge in [-0.05, 0) is 55.8 Å². The fourth-order valence-electron chi connectivity index (χ4n) is 5.43. The molecule has 100 valence electrons. The molecule has 4 fully saturated rings. The van der Waals surface area contributed by atoms with Gasteiger partial charge < -0.3 is 10.6 Å². The summed E-state index contributed by atoms with van der Waals surface area (Å²) in [7, 11) is 0. The molecule has 0 aromatic heterocycles. The van der Waals surface area contributed by atoms with Gasteiger partial charge in [-0.1, -0.05) is 6.42 Å². The van der Waals surface area contributed by atoms with Crippen molar-refractivity contribution >= 4 is 5.91 Å². The van der Waals surface area contributed by atoms with Gasteiger partial charge in [0.05, 0.1) is 0 Å². The summed E-state index contributed by atoms with van der Waals surface area (Å²) in [4.78, 5) is 11.2. The summed E-state index contributed by atoms with van der Waals surface area (Å²) in [6.45, 7) is 0.997. The highest BCUT2D eigenvalue weighted by molar-refractivity contribution is 5.78. The number of hydrogen-bond acceptors (Lipinski definition) is 2. The van der Waals surface area contributed by atoms with Gasteiger partial charge in [0.2, 0.25) is 5.91 Å². The molecule has 0 aromatic rings. The Morgan fingerprint density at radius 1 is 1.11 bits per heavy atom. The summed E-state index contributed by atoms with van der Waals surface area (Å²) in [6, 6.07) is 1.16. The molecule has 6 atom stereocenters. The molecule has 4 aliphatic rings.